The van der Waals surface area contributed by atoms with Crippen LogP contribution in [0.5, 0.6) is 17.2 Å². The predicted molar refractivity (Wildman–Crippen MR) is 173 cm³/mol. The number of aromatic nitrogens is 1. The summed E-state index contributed by atoms with van der Waals surface area (Å²) in [5.74, 6) is 2.18. The molecule has 0 radical (unpaired) electrons. The van der Waals surface area contributed by atoms with Gasteiger partial charge in [0.1, 0.15) is 28.6 Å². The third-order valence-electron chi connectivity index (χ3n) is 7.98. The Morgan fingerprint density at radius 2 is 1.76 bits per heavy atom. The first kappa shape index (κ1) is 32.5. The van der Waals surface area contributed by atoms with E-state index < -0.39 is 5.60 Å². The molecule has 1 aromatic heterocycles. The van der Waals surface area contributed by atoms with Crippen LogP contribution in [0.25, 0.3) is 10.9 Å². The van der Waals surface area contributed by atoms with Crippen LogP contribution in [-0.4, -0.2) is 59.5 Å². The summed E-state index contributed by atoms with van der Waals surface area (Å²) in [6.45, 7) is 9.50. The highest BCUT2D eigenvalue weighted by molar-refractivity contribution is 6.31. The van der Waals surface area contributed by atoms with Crippen molar-refractivity contribution in [2.45, 2.75) is 71.8 Å². The Morgan fingerprint density at radius 1 is 1.00 bits per heavy atom. The number of ether oxygens (including phenoxy) is 3. The van der Waals surface area contributed by atoms with Crippen LogP contribution in [0.4, 0.5) is 4.79 Å². The van der Waals surface area contributed by atoms with Gasteiger partial charge in [-0.25, -0.2) is 4.79 Å². The van der Waals surface area contributed by atoms with Crippen molar-refractivity contribution < 1.29 is 28.6 Å². The summed E-state index contributed by atoms with van der Waals surface area (Å²) in [4.78, 5) is 44.2. The van der Waals surface area contributed by atoms with Crippen LogP contribution in [0, 0.1) is 11.8 Å². The van der Waals surface area contributed by atoms with Gasteiger partial charge in [-0.2, -0.15) is 0 Å². The zero-order chi connectivity index (χ0) is 32.1. The lowest BCUT2D eigenvalue weighted by atomic mass is 9.98. The smallest absolute Gasteiger partial charge is 0.410 e. The highest BCUT2D eigenvalue weighted by Crippen LogP contribution is 2.36. The van der Waals surface area contributed by atoms with Crippen molar-refractivity contribution in [3.8, 4) is 17.2 Å². The number of piperidine rings is 1. The van der Waals surface area contributed by atoms with E-state index in [1.54, 1.807) is 41.4 Å². The number of amides is 2. The normalized spacial score (nSPS) is 15.5. The van der Waals surface area contributed by atoms with Crippen LogP contribution in [0.1, 0.15) is 75.7 Å². The number of hydrogen-bond acceptors (Lipinski definition) is 7. The number of Topliss-reactive ketones (excluding diaryl/α,β-unsaturated/α-hetero) is 1. The van der Waals surface area contributed by atoms with Crippen LogP contribution >= 0.6 is 11.6 Å². The van der Waals surface area contributed by atoms with Gasteiger partial charge in [0.05, 0.1) is 17.7 Å². The third kappa shape index (κ3) is 8.87. The van der Waals surface area contributed by atoms with E-state index in [4.69, 9.17) is 25.8 Å². The molecule has 45 heavy (non-hydrogen) atoms. The van der Waals surface area contributed by atoms with Crippen molar-refractivity contribution in [1.82, 2.24) is 15.2 Å². The van der Waals surface area contributed by atoms with Crippen LogP contribution in [0.2, 0.25) is 5.02 Å². The van der Waals surface area contributed by atoms with Crippen LogP contribution < -0.4 is 14.8 Å². The van der Waals surface area contributed by atoms with E-state index in [0.717, 1.165) is 31.2 Å². The molecule has 0 spiro atoms. The molecule has 0 unspecified atom stereocenters. The zero-order valence-electron chi connectivity index (χ0n) is 26.5. The summed E-state index contributed by atoms with van der Waals surface area (Å²) in [7, 11) is 0. The molecule has 0 bridgehead atoms. The Morgan fingerprint density at radius 3 is 2.42 bits per heavy atom. The molecule has 0 atom stereocenters. The predicted octanol–water partition coefficient (Wildman–Crippen LogP) is 7.37. The number of nitrogens with one attached hydrogen (secondary N) is 1. The Hall–Kier alpha value is -3.85. The highest BCUT2D eigenvalue weighted by Gasteiger charge is 2.28. The molecule has 1 N–H and O–H groups in total. The molecule has 9 nitrogen and oxygen atoms in total. The van der Waals surface area contributed by atoms with Gasteiger partial charge >= 0.3 is 6.09 Å². The molecule has 2 aromatic carbocycles. The van der Waals surface area contributed by atoms with Crippen molar-refractivity contribution >= 4 is 40.3 Å². The molecule has 1 aliphatic heterocycles. The second-order valence-corrected chi connectivity index (χ2v) is 13.4. The van der Waals surface area contributed by atoms with E-state index in [9.17, 15) is 14.4 Å². The third-order valence-corrected chi connectivity index (χ3v) is 8.33. The highest BCUT2D eigenvalue weighted by atomic mass is 35.5. The zero-order valence-corrected chi connectivity index (χ0v) is 27.2. The maximum Gasteiger partial charge on any atom is 0.410 e. The average molecular weight is 636 g/mol. The largest absolute Gasteiger partial charge is 0.492 e. The first-order chi connectivity index (χ1) is 21.5. The standard InChI is InChI=1S/C35H42ClN3O6/c1-5-37-33(41)28-19-27-30(20-32(28)43-21-23-11-14-39(15-12-23)34(42)45-35(2,3)4)38-13-10-31(27)44-26-9-8-24(29(36)18-26)17-25(40)16-22-6-7-22/h8-10,13,18-20,22-23H,5-7,11-12,14-17,21H2,1-4H3,(H,37,41). The number of carbonyl (C=O) groups is 3. The lowest BCUT2D eigenvalue weighted by molar-refractivity contribution is -0.118. The number of ketones is 1. The lowest BCUT2D eigenvalue weighted by Gasteiger charge is -2.33. The minimum atomic E-state index is -0.532. The Balaban J connectivity index is 1.29. The van der Waals surface area contributed by atoms with Gasteiger partial charge in [0.2, 0.25) is 0 Å². The number of carbonyl (C=O) groups excluding carboxylic acids is 3. The number of halogens is 1. The molecule has 1 aliphatic carbocycles. The number of benzene rings is 2. The van der Waals surface area contributed by atoms with E-state index in [0.29, 0.717) is 83.7 Å². The van der Waals surface area contributed by atoms with E-state index in [1.165, 1.54) is 0 Å². The number of pyridine rings is 1. The van der Waals surface area contributed by atoms with Gasteiger partial charge in [0.25, 0.3) is 5.91 Å². The van der Waals surface area contributed by atoms with Gasteiger partial charge in [0.15, 0.2) is 0 Å². The molecule has 5 rings (SSSR count). The van der Waals surface area contributed by atoms with Gasteiger partial charge in [-0.1, -0.05) is 17.7 Å². The first-order valence-electron chi connectivity index (χ1n) is 15.8. The number of rotatable bonds is 11. The Kier molecular flexibility index (Phi) is 10.2. The molecule has 10 heteroatoms. The van der Waals surface area contributed by atoms with Gasteiger partial charge in [0, 0.05) is 55.1 Å². The molecule has 2 fully saturated rings. The quantitative estimate of drug-likeness (QED) is 0.234. The van der Waals surface area contributed by atoms with Crippen molar-refractivity contribution in [2.75, 3.05) is 26.2 Å². The summed E-state index contributed by atoms with van der Waals surface area (Å²) in [5.41, 5.74) is 1.25. The van der Waals surface area contributed by atoms with Gasteiger partial charge < -0.3 is 24.4 Å². The molecule has 3 aromatic rings. The summed E-state index contributed by atoms with van der Waals surface area (Å²) in [5, 5.41) is 4.00. The van der Waals surface area contributed by atoms with E-state index in [1.807, 2.05) is 33.8 Å². The van der Waals surface area contributed by atoms with Crippen molar-refractivity contribution in [3.63, 3.8) is 0 Å². The minimum absolute atomic E-state index is 0.204. The van der Waals surface area contributed by atoms with Crippen molar-refractivity contribution in [2.24, 2.45) is 11.8 Å². The topological polar surface area (TPSA) is 107 Å². The summed E-state index contributed by atoms with van der Waals surface area (Å²) in [6.07, 6.45) is 6.10. The number of nitrogens with zero attached hydrogens (tertiary/aromatic N) is 2. The fourth-order valence-corrected chi connectivity index (χ4v) is 5.63. The summed E-state index contributed by atoms with van der Waals surface area (Å²) in [6, 6.07) is 10.6. The van der Waals surface area contributed by atoms with E-state index >= 15 is 0 Å². The fraction of sp³-hybridized carbons (Fsp3) is 0.486. The second-order valence-electron chi connectivity index (χ2n) is 13.0. The maximum atomic E-state index is 13.1. The molecule has 1 saturated heterocycles. The van der Waals surface area contributed by atoms with Gasteiger partial charge in [-0.15, -0.1) is 0 Å². The summed E-state index contributed by atoms with van der Waals surface area (Å²) >= 11 is 6.54. The first-order valence-corrected chi connectivity index (χ1v) is 16.2. The van der Waals surface area contributed by atoms with E-state index in [2.05, 4.69) is 10.3 Å². The maximum absolute atomic E-state index is 13.1. The fourth-order valence-electron chi connectivity index (χ4n) is 5.40. The minimum Gasteiger partial charge on any atom is -0.492 e. The number of fused-ring (bicyclic) bond motifs is 1. The van der Waals surface area contributed by atoms with Gasteiger partial charge in [-0.05, 0) is 95.0 Å². The lowest BCUT2D eigenvalue weighted by Crippen LogP contribution is -2.42. The van der Waals surface area contributed by atoms with Crippen LogP contribution in [-0.2, 0) is 16.0 Å². The van der Waals surface area contributed by atoms with E-state index in [-0.39, 0.29) is 23.7 Å². The summed E-state index contributed by atoms with van der Waals surface area (Å²) < 4.78 is 18.0. The van der Waals surface area contributed by atoms with Crippen molar-refractivity contribution in [3.05, 3.63) is 58.7 Å². The Bertz CT molecular complexity index is 1560. The average Bonchev–Trinajstić information content (AvgIpc) is 3.80. The molecular formula is C35H42ClN3O6. The van der Waals surface area contributed by atoms with Crippen LogP contribution in [0.15, 0.2) is 42.6 Å². The Labute approximate surface area is 269 Å². The molecular weight excluding hydrogens is 594 g/mol. The number of hydrogen-bond donors (Lipinski definition) is 1. The SMILES string of the molecule is CCNC(=O)c1cc2c(Oc3ccc(CC(=O)CC4CC4)c(Cl)c3)ccnc2cc1OCC1CCN(C(=O)OC(C)(C)C)CC1. The molecule has 240 valence electrons. The molecule has 1 saturated carbocycles. The number of likely N-dealkylation sites (tertiary alicyclic amines) is 1. The molecule has 2 amide bonds. The molecule has 2 heterocycles. The monoisotopic (exact) mass is 635 g/mol. The molecule has 2 aliphatic rings. The van der Waals surface area contributed by atoms with Crippen LogP contribution in [0.3, 0.4) is 0 Å². The van der Waals surface area contributed by atoms with Gasteiger partial charge in [-0.3, -0.25) is 14.6 Å². The van der Waals surface area contributed by atoms with Crippen molar-refractivity contribution in [1.29, 1.82) is 0 Å². The second kappa shape index (κ2) is 14.1.